The summed E-state index contributed by atoms with van der Waals surface area (Å²) in [4.78, 5) is 65.5. The molecule has 29 nitrogen and oxygen atoms in total. The molecular formula is C68H129N5O24. The number of unbranched alkanes of at least 4 members (excludes halogenated alkanes) is 12. The van der Waals surface area contributed by atoms with E-state index in [4.69, 9.17) is 47.4 Å². The topological polar surface area (TPSA) is 420 Å². The van der Waals surface area contributed by atoms with Crippen molar-refractivity contribution >= 4 is 29.5 Å². The molecule has 5 amide bonds. The highest BCUT2D eigenvalue weighted by molar-refractivity contribution is 5.79. The summed E-state index contributed by atoms with van der Waals surface area (Å²) in [6.07, 6.45) is 0.964. The monoisotopic (exact) mass is 1400 g/mol. The van der Waals surface area contributed by atoms with Gasteiger partial charge in [-0.05, 0) is 63.7 Å². The lowest BCUT2D eigenvalue weighted by Crippen LogP contribution is -2.58. The molecule has 3 aliphatic rings. The van der Waals surface area contributed by atoms with Gasteiger partial charge in [0.25, 0.3) is 0 Å². The quantitative estimate of drug-likeness (QED) is 0.0384. The molecule has 3 fully saturated rings. The number of ether oxygens (including phenoxy) is 10. The van der Waals surface area contributed by atoms with Crippen LogP contribution in [0.25, 0.3) is 0 Å². The number of amides is 5. The molecule has 6 unspecified atom stereocenters. The van der Waals surface area contributed by atoms with Crippen LogP contribution in [0.4, 0.5) is 0 Å². The molecule has 14 N–H and O–H groups in total. The Kier molecular flexibility index (Phi) is 50.2. The van der Waals surface area contributed by atoms with Crippen molar-refractivity contribution in [3.8, 4) is 0 Å². The van der Waals surface area contributed by atoms with Gasteiger partial charge in [0, 0.05) is 110 Å². The van der Waals surface area contributed by atoms with E-state index in [1.54, 1.807) is 27.9 Å². The minimum absolute atomic E-state index is 0.00666. The third-order valence-corrected chi connectivity index (χ3v) is 17.0. The van der Waals surface area contributed by atoms with Crippen LogP contribution >= 0.6 is 0 Å². The summed E-state index contributed by atoms with van der Waals surface area (Å²) in [5, 5.41) is 104. The van der Waals surface area contributed by atoms with Gasteiger partial charge in [-0.1, -0.05) is 92.9 Å². The lowest BCUT2D eigenvalue weighted by Gasteiger charge is -2.40. The van der Waals surface area contributed by atoms with E-state index in [1.165, 1.54) is 0 Å². The summed E-state index contributed by atoms with van der Waals surface area (Å²) in [5.74, 6) is -1.98. The first-order chi connectivity index (χ1) is 46.5. The third kappa shape index (κ3) is 39.0. The van der Waals surface area contributed by atoms with E-state index in [2.05, 4.69) is 47.4 Å². The molecule has 3 heterocycles. The molecule has 3 aliphatic heterocycles. The number of rotatable bonds is 54. The lowest BCUT2D eigenvalue weighted by atomic mass is 9.92. The summed E-state index contributed by atoms with van der Waals surface area (Å²) in [6, 6.07) is 0. The summed E-state index contributed by atoms with van der Waals surface area (Å²) in [5.41, 5.74) is -1.36. The number of methoxy groups -OCH3 is 1. The smallest absolute Gasteiger partial charge is 0.222 e. The van der Waals surface area contributed by atoms with Gasteiger partial charge < -0.3 is 120 Å². The fourth-order valence-electron chi connectivity index (χ4n) is 10.9. The lowest BCUT2D eigenvalue weighted by molar-refractivity contribution is -0.282. The summed E-state index contributed by atoms with van der Waals surface area (Å²) in [6.45, 7) is 13.1. The molecule has 0 saturated carbocycles. The molecule has 0 aliphatic carbocycles. The van der Waals surface area contributed by atoms with E-state index >= 15 is 0 Å². The maximum absolute atomic E-state index is 13.8. The fourth-order valence-corrected chi connectivity index (χ4v) is 10.9. The molecular weight excluding hydrogens is 1270 g/mol. The second-order valence-electron chi connectivity index (χ2n) is 26.7. The van der Waals surface area contributed by atoms with Gasteiger partial charge in [-0.2, -0.15) is 0 Å². The maximum atomic E-state index is 13.8. The molecule has 15 atom stereocenters. The van der Waals surface area contributed by atoms with Crippen LogP contribution in [0, 0.1) is 23.7 Å². The first-order valence-corrected chi connectivity index (χ1v) is 35.9. The van der Waals surface area contributed by atoms with Gasteiger partial charge in [-0.3, -0.25) is 24.0 Å². The van der Waals surface area contributed by atoms with Crippen molar-refractivity contribution < 1.29 is 117 Å². The first kappa shape index (κ1) is 89.7. The molecule has 3 saturated heterocycles. The number of aliphatic hydroxyl groups excluding tert-OH is 9. The molecule has 0 aromatic rings. The van der Waals surface area contributed by atoms with E-state index in [0.717, 1.165) is 70.1 Å². The van der Waals surface area contributed by atoms with Crippen LogP contribution in [0.5, 0.6) is 0 Å². The minimum Gasteiger partial charge on any atom is -0.394 e. The Morgan fingerprint density at radius 1 is 0.371 bits per heavy atom. The van der Waals surface area contributed by atoms with E-state index in [9.17, 15) is 69.9 Å². The van der Waals surface area contributed by atoms with Gasteiger partial charge in [0.15, 0.2) is 18.9 Å². The summed E-state index contributed by atoms with van der Waals surface area (Å²) in [7, 11) is 1.66. The van der Waals surface area contributed by atoms with Crippen molar-refractivity contribution in [1.29, 1.82) is 0 Å². The highest BCUT2D eigenvalue weighted by Crippen LogP contribution is 2.30. The Morgan fingerprint density at radius 2 is 0.639 bits per heavy atom. The third-order valence-electron chi connectivity index (χ3n) is 17.0. The number of carbonyl (C=O) groups is 5. The Hall–Kier alpha value is -3.41. The zero-order chi connectivity index (χ0) is 71.8. The molecule has 97 heavy (non-hydrogen) atoms. The predicted octanol–water partition coefficient (Wildman–Crippen LogP) is 1.52. The largest absolute Gasteiger partial charge is 0.394 e. The molecule has 0 aromatic carbocycles. The molecule has 0 bridgehead atoms. The molecule has 29 heteroatoms. The van der Waals surface area contributed by atoms with Gasteiger partial charge in [0.2, 0.25) is 29.5 Å². The van der Waals surface area contributed by atoms with Gasteiger partial charge in [-0.15, -0.1) is 0 Å². The van der Waals surface area contributed by atoms with Crippen molar-refractivity contribution in [1.82, 2.24) is 26.6 Å². The normalized spacial score (nSPS) is 26.3. The maximum Gasteiger partial charge on any atom is 0.222 e. The summed E-state index contributed by atoms with van der Waals surface area (Å²) >= 11 is 0. The number of aliphatic hydroxyl groups is 9. The van der Waals surface area contributed by atoms with Gasteiger partial charge in [0.1, 0.15) is 42.2 Å². The van der Waals surface area contributed by atoms with Crippen molar-refractivity contribution in [3.05, 3.63) is 0 Å². The molecule has 570 valence electrons. The predicted molar refractivity (Wildman–Crippen MR) is 358 cm³/mol. The van der Waals surface area contributed by atoms with Crippen LogP contribution in [0.3, 0.4) is 0 Å². The van der Waals surface area contributed by atoms with E-state index in [-0.39, 0.29) is 102 Å². The number of hydrogen-bond donors (Lipinski definition) is 14. The van der Waals surface area contributed by atoms with Crippen LogP contribution in [0.1, 0.15) is 183 Å². The second kappa shape index (κ2) is 54.3. The van der Waals surface area contributed by atoms with E-state index < -0.39 is 123 Å². The average Bonchev–Trinajstić information content (AvgIpc) is 0.848. The standard InChI is InChI=1S/C64H119N5O24.C4H10/c1-44-55(78)58(81)47(38-70)91-61(44)88-32-18-10-6-14-28-66-51(74)24-35-85-41-64(69-54(77)23-21-22-50(73)65-27-13-5-9-17-31-84-4,42-86-36-25-52(75)67-29-15-7-11-19-33-89-62-45(2)56(79)59(82)48(39-71)92-62)43-87-37-26-53(76)68-30-16-8-12-20-34-90-63-46(3)57(80)60(83)49(40-72)93-63;1-4(2)3/h44-49,55-63,70-72,78-83H,5-43H2,1-4H3,(H,65,73)(H,66,74)(H,67,75)(H,68,76)(H,69,77);4H,1-3H3/t44?,45?,46?,47?,48?,49?,55-,56-,57-,58+,59+,60+,61-,62-,63-,64?;/m1./s1. The highest BCUT2D eigenvalue weighted by atomic mass is 16.7. The van der Waals surface area contributed by atoms with Gasteiger partial charge in [-0.25, -0.2) is 0 Å². The van der Waals surface area contributed by atoms with Crippen molar-refractivity contribution in [2.45, 2.75) is 262 Å². The zero-order valence-corrected chi connectivity index (χ0v) is 59.5. The van der Waals surface area contributed by atoms with Crippen molar-refractivity contribution in [2.75, 3.05) is 119 Å². The Bertz CT molecular complexity index is 1860. The van der Waals surface area contributed by atoms with Gasteiger partial charge in [0.05, 0.1) is 77.8 Å². The first-order valence-electron chi connectivity index (χ1n) is 35.9. The Balaban J connectivity index is 0.00000777. The Morgan fingerprint density at radius 3 is 0.928 bits per heavy atom. The zero-order valence-electron chi connectivity index (χ0n) is 59.5. The summed E-state index contributed by atoms with van der Waals surface area (Å²) < 4.78 is 57.7. The molecule has 0 aromatic heterocycles. The van der Waals surface area contributed by atoms with Gasteiger partial charge >= 0.3 is 0 Å². The molecule has 3 rings (SSSR count). The van der Waals surface area contributed by atoms with Crippen LogP contribution in [-0.2, 0) is 71.3 Å². The van der Waals surface area contributed by atoms with Crippen LogP contribution < -0.4 is 26.6 Å². The SMILES string of the molecule is CC(C)C.COCCCCCCNC(=O)CCCC(=O)NC(COCCC(=O)NCCCCCCO[C@@H]1OC(CO)[C@H](O)[C@H](O)C1C)(COCCC(=O)NCCCCCCO[C@@H]1OC(CO)[C@H](O)[C@H](O)C1C)COCCC(=O)NCCCCCCO[C@@H]1OC(CO)[C@H](O)[C@H](O)C1C. The Labute approximate surface area is 576 Å². The average molecular weight is 1400 g/mol. The van der Waals surface area contributed by atoms with Crippen molar-refractivity contribution in [2.24, 2.45) is 23.7 Å². The molecule has 0 spiro atoms. The van der Waals surface area contributed by atoms with E-state index in [1.807, 2.05) is 0 Å². The fraction of sp³-hybridized carbons (Fsp3) is 0.926. The van der Waals surface area contributed by atoms with Crippen LogP contribution in [0.15, 0.2) is 0 Å². The number of carbonyl (C=O) groups excluding carboxylic acids is 5. The minimum atomic E-state index is -1.36. The second-order valence-corrected chi connectivity index (χ2v) is 26.7. The van der Waals surface area contributed by atoms with Crippen molar-refractivity contribution in [3.63, 3.8) is 0 Å². The number of nitrogens with one attached hydrogen (secondary N) is 5. The van der Waals surface area contributed by atoms with E-state index in [0.29, 0.717) is 91.1 Å². The molecule has 0 radical (unpaired) electrons. The highest BCUT2D eigenvalue weighted by Gasteiger charge is 2.45. The van der Waals surface area contributed by atoms with Crippen LogP contribution in [0.2, 0.25) is 0 Å². The number of hydrogen-bond acceptors (Lipinski definition) is 24. The van der Waals surface area contributed by atoms with Crippen LogP contribution in [-0.4, -0.2) is 274 Å².